The van der Waals surface area contributed by atoms with Gasteiger partial charge in [0.05, 0.1) is 5.52 Å². The van der Waals surface area contributed by atoms with Gasteiger partial charge in [-0.2, -0.15) is 0 Å². The van der Waals surface area contributed by atoms with Crippen LogP contribution in [0.1, 0.15) is 11.1 Å². The lowest BCUT2D eigenvalue weighted by molar-refractivity contribution is -0.116. The third-order valence-electron chi connectivity index (χ3n) is 3.99. The minimum absolute atomic E-state index is 0.0927. The third-order valence-corrected chi connectivity index (χ3v) is 4.42. The molecule has 3 aromatic rings. The molecule has 4 nitrogen and oxygen atoms in total. The summed E-state index contributed by atoms with van der Waals surface area (Å²) < 4.78 is 1.49. The minimum Gasteiger partial charge on any atom is -0.324 e. The molecule has 0 bridgehead atoms. The molecule has 0 saturated carbocycles. The molecular formula is C19H16Cl2N2O2. The number of carbonyl (C=O) groups excluding carboxylic acids is 1. The van der Waals surface area contributed by atoms with Crippen LogP contribution in [0.5, 0.6) is 0 Å². The molecule has 0 radical (unpaired) electrons. The number of rotatable bonds is 3. The fourth-order valence-electron chi connectivity index (χ4n) is 2.91. The number of hydrogen-bond acceptors (Lipinski definition) is 2. The van der Waals surface area contributed by atoms with E-state index in [-0.39, 0.29) is 18.0 Å². The van der Waals surface area contributed by atoms with E-state index in [9.17, 15) is 9.59 Å². The Morgan fingerprint density at radius 3 is 2.40 bits per heavy atom. The first kappa shape index (κ1) is 17.5. The van der Waals surface area contributed by atoms with Crippen LogP contribution in [0, 0.1) is 13.8 Å². The number of hydrogen-bond donors (Lipinski definition) is 1. The molecule has 1 N–H and O–H groups in total. The summed E-state index contributed by atoms with van der Waals surface area (Å²) in [4.78, 5) is 24.9. The standard InChI is InChI=1S/C19H16Cl2N2O2/c1-11-4-3-5-16-12(2)6-18(25)23(19(11)16)10-17(24)22-15-8-13(20)7-14(21)9-15/h3-9H,10H2,1-2H3,(H,22,24). The number of aromatic nitrogens is 1. The Morgan fingerprint density at radius 1 is 1.04 bits per heavy atom. The summed E-state index contributed by atoms with van der Waals surface area (Å²) in [5.41, 5.74) is 2.88. The number of amides is 1. The zero-order valence-electron chi connectivity index (χ0n) is 13.8. The molecule has 0 aliphatic carbocycles. The fraction of sp³-hybridized carbons (Fsp3) is 0.158. The van der Waals surface area contributed by atoms with Crippen LogP contribution in [0.4, 0.5) is 5.69 Å². The number of benzene rings is 2. The number of nitrogens with one attached hydrogen (secondary N) is 1. The predicted octanol–water partition coefficient (Wildman–Crippen LogP) is 4.56. The molecule has 0 aliphatic heterocycles. The second-order valence-electron chi connectivity index (χ2n) is 5.93. The van der Waals surface area contributed by atoms with Gasteiger partial charge in [-0.05, 0) is 43.2 Å². The largest absolute Gasteiger partial charge is 0.324 e. The van der Waals surface area contributed by atoms with Crippen LogP contribution in [0.15, 0.2) is 47.3 Å². The van der Waals surface area contributed by atoms with Gasteiger partial charge in [-0.1, -0.05) is 41.4 Å². The number of anilines is 1. The molecule has 1 heterocycles. The maximum Gasteiger partial charge on any atom is 0.251 e. The first-order valence-corrected chi connectivity index (χ1v) is 8.46. The highest BCUT2D eigenvalue weighted by Crippen LogP contribution is 2.23. The Labute approximate surface area is 155 Å². The van der Waals surface area contributed by atoms with Crippen LogP contribution in [0.25, 0.3) is 10.9 Å². The van der Waals surface area contributed by atoms with E-state index in [1.165, 1.54) is 4.57 Å². The van der Waals surface area contributed by atoms with Gasteiger partial charge in [0.2, 0.25) is 5.91 Å². The Hall–Kier alpha value is -2.30. The fourth-order valence-corrected chi connectivity index (χ4v) is 3.44. The van der Waals surface area contributed by atoms with Crippen LogP contribution >= 0.6 is 23.2 Å². The van der Waals surface area contributed by atoms with Gasteiger partial charge in [0.1, 0.15) is 6.54 Å². The van der Waals surface area contributed by atoms with Crippen molar-refractivity contribution < 1.29 is 4.79 Å². The second-order valence-corrected chi connectivity index (χ2v) is 6.80. The van der Waals surface area contributed by atoms with Crippen molar-refractivity contribution in [1.29, 1.82) is 0 Å². The molecule has 0 fully saturated rings. The summed E-state index contributed by atoms with van der Waals surface area (Å²) in [5, 5.41) is 4.54. The van der Waals surface area contributed by atoms with E-state index in [2.05, 4.69) is 5.32 Å². The number of pyridine rings is 1. The maximum absolute atomic E-state index is 12.4. The Balaban J connectivity index is 1.98. The molecule has 0 saturated heterocycles. The van der Waals surface area contributed by atoms with Crippen LogP contribution in [-0.2, 0) is 11.3 Å². The van der Waals surface area contributed by atoms with Gasteiger partial charge in [-0.3, -0.25) is 14.2 Å². The summed E-state index contributed by atoms with van der Waals surface area (Å²) in [6.45, 7) is 3.72. The lowest BCUT2D eigenvalue weighted by Gasteiger charge is -2.14. The molecule has 6 heteroatoms. The molecule has 0 unspecified atom stereocenters. The number of carbonyl (C=O) groups is 1. The van der Waals surface area contributed by atoms with Crippen LogP contribution < -0.4 is 10.9 Å². The smallest absolute Gasteiger partial charge is 0.251 e. The molecule has 2 aromatic carbocycles. The molecule has 3 rings (SSSR count). The van der Waals surface area contributed by atoms with Crippen molar-refractivity contribution in [3.63, 3.8) is 0 Å². The summed E-state index contributed by atoms with van der Waals surface area (Å²) in [5.74, 6) is -0.325. The van der Waals surface area contributed by atoms with Gasteiger partial charge in [0, 0.05) is 27.2 Å². The SMILES string of the molecule is Cc1cc(=O)n(CC(=O)Nc2cc(Cl)cc(Cl)c2)c2c(C)cccc12. The molecular weight excluding hydrogens is 359 g/mol. The zero-order valence-corrected chi connectivity index (χ0v) is 15.3. The average molecular weight is 375 g/mol. The normalized spacial score (nSPS) is 10.9. The number of aryl methyl sites for hydroxylation is 2. The van der Waals surface area contributed by atoms with Crippen LogP contribution in [0.2, 0.25) is 10.0 Å². The van der Waals surface area contributed by atoms with E-state index in [1.807, 2.05) is 32.0 Å². The maximum atomic E-state index is 12.4. The van der Waals surface area contributed by atoms with Gasteiger partial charge in [-0.25, -0.2) is 0 Å². The minimum atomic E-state index is -0.325. The van der Waals surface area contributed by atoms with E-state index in [0.29, 0.717) is 15.7 Å². The predicted molar refractivity (Wildman–Crippen MR) is 103 cm³/mol. The van der Waals surface area contributed by atoms with Crippen molar-refractivity contribution in [1.82, 2.24) is 4.57 Å². The van der Waals surface area contributed by atoms with Crippen molar-refractivity contribution >= 4 is 45.7 Å². The third kappa shape index (κ3) is 3.70. The molecule has 25 heavy (non-hydrogen) atoms. The number of nitrogens with zero attached hydrogens (tertiary/aromatic N) is 1. The lowest BCUT2D eigenvalue weighted by atomic mass is 10.1. The monoisotopic (exact) mass is 374 g/mol. The van der Waals surface area contributed by atoms with E-state index in [1.54, 1.807) is 24.3 Å². The highest BCUT2D eigenvalue weighted by molar-refractivity contribution is 6.35. The number of halogens is 2. The Bertz CT molecular complexity index is 1020. The number of para-hydroxylation sites is 1. The van der Waals surface area contributed by atoms with E-state index in [4.69, 9.17) is 23.2 Å². The van der Waals surface area contributed by atoms with Crippen molar-refractivity contribution in [2.24, 2.45) is 0 Å². The van der Waals surface area contributed by atoms with Gasteiger partial charge >= 0.3 is 0 Å². The Kier molecular flexibility index (Phi) is 4.84. The average Bonchev–Trinajstić information content (AvgIpc) is 2.50. The summed E-state index contributed by atoms with van der Waals surface area (Å²) in [6.07, 6.45) is 0. The van der Waals surface area contributed by atoms with Crippen molar-refractivity contribution in [2.45, 2.75) is 20.4 Å². The first-order valence-electron chi connectivity index (χ1n) is 7.71. The van der Waals surface area contributed by atoms with E-state index in [0.717, 1.165) is 22.0 Å². The molecule has 1 aromatic heterocycles. The molecule has 1 amide bonds. The van der Waals surface area contributed by atoms with Gasteiger partial charge in [0.25, 0.3) is 5.56 Å². The van der Waals surface area contributed by atoms with E-state index < -0.39 is 0 Å². The lowest BCUT2D eigenvalue weighted by Crippen LogP contribution is -2.28. The summed E-state index contributed by atoms with van der Waals surface area (Å²) in [6, 6.07) is 12.1. The highest BCUT2D eigenvalue weighted by Gasteiger charge is 2.12. The first-order chi connectivity index (χ1) is 11.8. The van der Waals surface area contributed by atoms with E-state index >= 15 is 0 Å². The molecule has 0 aliphatic rings. The molecule has 128 valence electrons. The molecule has 0 spiro atoms. The Morgan fingerprint density at radius 2 is 1.72 bits per heavy atom. The van der Waals surface area contributed by atoms with Crippen molar-refractivity contribution in [2.75, 3.05) is 5.32 Å². The molecule has 0 atom stereocenters. The van der Waals surface area contributed by atoms with Crippen LogP contribution in [-0.4, -0.2) is 10.5 Å². The zero-order chi connectivity index (χ0) is 18.1. The summed E-state index contributed by atoms with van der Waals surface area (Å²) in [7, 11) is 0. The van der Waals surface area contributed by atoms with Gasteiger partial charge < -0.3 is 5.32 Å². The quantitative estimate of drug-likeness (QED) is 0.730. The summed E-state index contributed by atoms with van der Waals surface area (Å²) >= 11 is 11.9. The number of fused-ring (bicyclic) bond motifs is 1. The van der Waals surface area contributed by atoms with Crippen molar-refractivity contribution in [3.05, 3.63) is 74.0 Å². The van der Waals surface area contributed by atoms with Gasteiger partial charge in [0.15, 0.2) is 0 Å². The topological polar surface area (TPSA) is 51.1 Å². The van der Waals surface area contributed by atoms with Crippen molar-refractivity contribution in [3.8, 4) is 0 Å². The van der Waals surface area contributed by atoms with Crippen LogP contribution in [0.3, 0.4) is 0 Å². The van der Waals surface area contributed by atoms with Gasteiger partial charge in [-0.15, -0.1) is 0 Å². The highest BCUT2D eigenvalue weighted by atomic mass is 35.5. The second kappa shape index (κ2) is 6.90.